The van der Waals surface area contributed by atoms with Crippen molar-refractivity contribution in [1.29, 1.82) is 0 Å². The van der Waals surface area contributed by atoms with Crippen molar-refractivity contribution in [3.8, 4) is 5.75 Å². The van der Waals surface area contributed by atoms with E-state index < -0.39 is 0 Å². The minimum absolute atomic E-state index is 0.0591. The third-order valence-electron chi connectivity index (χ3n) is 2.57. The van der Waals surface area contributed by atoms with Gasteiger partial charge in [0.1, 0.15) is 18.1 Å². The van der Waals surface area contributed by atoms with Gasteiger partial charge < -0.3 is 14.5 Å². The highest BCUT2D eigenvalue weighted by atomic mass is 79.9. The summed E-state index contributed by atoms with van der Waals surface area (Å²) in [5.74, 6) is 1.15. The van der Waals surface area contributed by atoms with E-state index in [-0.39, 0.29) is 24.3 Å². The third-order valence-corrected chi connectivity index (χ3v) is 3.36. The Balaban J connectivity index is 1.98. The second kappa shape index (κ2) is 7.00. The van der Waals surface area contributed by atoms with Gasteiger partial charge >= 0.3 is 0 Å². The zero-order chi connectivity index (χ0) is 15.4. The van der Waals surface area contributed by atoms with Crippen LogP contribution in [0.2, 0.25) is 5.02 Å². The molecule has 21 heavy (non-hydrogen) atoms. The lowest BCUT2D eigenvalue weighted by Gasteiger charge is -2.07. The Labute approximate surface area is 136 Å². The highest BCUT2D eigenvalue weighted by molar-refractivity contribution is 9.10. The minimum Gasteiger partial charge on any atom is -0.484 e. The smallest absolute Gasteiger partial charge is 0.287 e. The normalized spacial score (nSPS) is 10.7. The van der Waals surface area contributed by atoms with E-state index in [9.17, 15) is 4.79 Å². The molecule has 1 heterocycles. The summed E-state index contributed by atoms with van der Waals surface area (Å²) in [5, 5.41) is 3.27. The molecule has 0 fully saturated rings. The summed E-state index contributed by atoms with van der Waals surface area (Å²) >= 11 is 9.39. The zero-order valence-electron chi connectivity index (χ0n) is 11.7. The lowest BCUT2D eigenvalue weighted by Crippen LogP contribution is -2.29. The molecule has 0 radical (unpaired) electrons. The number of benzene rings is 1. The molecular formula is C15H15BrClNO3. The molecule has 0 aliphatic rings. The molecule has 2 aromatic rings. The van der Waals surface area contributed by atoms with Crippen LogP contribution in [0.25, 0.3) is 0 Å². The molecule has 0 atom stereocenters. The number of amides is 1. The van der Waals surface area contributed by atoms with Crippen LogP contribution >= 0.6 is 27.5 Å². The van der Waals surface area contributed by atoms with Crippen molar-refractivity contribution in [2.75, 3.05) is 0 Å². The van der Waals surface area contributed by atoms with Gasteiger partial charge in [0, 0.05) is 10.5 Å². The molecule has 0 unspecified atom stereocenters. The van der Waals surface area contributed by atoms with Crippen LogP contribution in [0, 0.1) is 0 Å². The average molecular weight is 373 g/mol. The molecule has 2 rings (SSSR count). The fourth-order valence-electron chi connectivity index (χ4n) is 1.65. The lowest BCUT2D eigenvalue weighted by atomic mass is 10.3. The quantitative estimate of drug-likeness (QED) is 0.845. The highest BCUT2D eigenvalue weighted by Gasteiger charge is 2.12. The van der Waals surface area contributed by atoms with Crippen molar-refractivity contribution in [3.05, 3.63) is 51.3 Å². The first-order valence-corrected chi connectivity index (χ1v) is 7.60. The van der Waals surface area contributed by atoms with Crippen LogP contribution in [0.1, 0.15) is 30.2 Å². The molecule has 1 N–H and O–H groups in total. The number of carbonyl (C=O) groups is 1. The van der Waals surface area contributed by atoms with E-state index in [0.717, 1.165) is 4.47 Å². The van der Waals surface area contributed by atoms with Gasteiger partial charge in [0.15, 0.2) is 5.76 Å². The molecule has 1 amide bonds. The first kappa shape index (κ1) is 15.9. The van der Waals surface area contributed by atoms with Crippen molar-refractivity contribution >= 4 is 33.4 Å². The molecule has 0 saturated heterocycles. The fourth-order valence-corrected chi connectivity index (χ4v) is 2.38. The van der Waals surface area contributed by atoms with Crippen molar-refractivity contribution in [3.63, 3.8) is 0 Å². The van der Waals surface area contributed by atoms with E-state index in [1.54, 1.807) is 24.3 Å². The van der Waals surface area contributed by atoms with Gasteiger partial charge in [-0.05, 0) is 44.2 Å². The summed E-state index contributed by atoms with van der Waals surface area (Å²) in [6.07, 6.45) is 0. The summed E-state index contributed by atoms with van der Waals surface area (Å²) in [5.41, 5.74) is 0. The summed E-state index contributed by atoms with van der Waals surface area (Å²) in [6, 6.07) is 8.75. The summed E-state index contributed by atoms with van der Waals surface area (Å²) in [7, 11) is 0. The van der Waals surface area contributed by atoms with Gasteiger partial charge in [0.2, 0.25) is 0 Å². The third kappa shape index (κ3) is 4.51. The number of furan rings is 1. The predicted molar refractivity (Wildman–Crippen MR) is 84.8 cm³/mol. The number of hydrogen-bond acceptors (Lipinski definition) is 3. The average Bonchev–Trinajstić information content (AvgIpc) is 2.86. The van der Waals surface area contributed by atoms with E-state index in [1.165, 1.54) is 0 Å². The van der Waals surface area contributed by atoms with E-state index in [2.05, 4.69) is 21.2 Å². The number of nitrogens with one attached hydrogen (secondary N) is 1. The van der Waals surface area contributed by atoms with Gasteiger partial charge in [-0.15, -0.1) is 0 Å². The Morgan fingerprint density at radius 1 is 1.38 bits per heavy atom. The maximum Gasteiger partial charge on any atom is 0.287 e. The molecule has 0 aliphatic heterocycles. The molecule has 0 saturated carbocycles. The summed E-state index contributed by atoms with van der Waals surface area (Å²) < 4.78 is 11.9. The van der Waals surface area contributed by atoms with Crippen LogP contribution < -0.4 is 10.1 Å². The topological polar surface area (TPSA) is 51.5 Å². The number of ether oxygens (including phenoxy) is 1. The van der Waals surface area contributed by atoms with E-state index in [1.807, 2.05) is 19.9 Å². The molecule has 0 spiro atoms. The van der Waals surface area contributed by atoms with Gasteiger partial charge in [-0.2, -0.15) is 0 Å². The predicted octanol–water partition coefficient (Wildman–Crippen LogP) is 4.41. The number of hydrogen-bond donors (Lipinski definition) is 1. The second-order valence-electron chi connectivity index (χ2n) is 4.76. The van der Waals surface area contributed by atoms with E-state index in [0.29, 0.717) is 16.5 Å². The Morgan fingerprint density at radius 2 is 2.14 bits per heavy atom. The molecule has 112 valence electrons. The summed E-state index contributed by atoms with van der Waals surface area (Å²) in [4.78, 5) is 11.8. The summed E-state index contributed by atoms with van der Waals surface area (Å²) in [6.45, 7) is 3.98. The Morgan fingerprint density at radius 3 is 2.81 bits per heavy atom. The van der Waals surface area contributed by atoms with Crippen LogP contribution in [0.5, 0.6) is 5.75 Å². The molecular weight excluding hydrogens is 358 g/mol. The zero-order valence-corrected chi connectivity index (χ0v) is 14.0. The highest BCUT2D eigenvalue weighted by Crippen LogP contribution is 2.28. The van der Waals surface area contributed by atoms with Gasteiger partial charge in [-0.25, -0.2) is 0 Å². The number of carbonyl (C=O) groups excluding carboxylic acids is 1. The van der Waals surface area contributed by atoms with Crippen LogP contribution in [-0.4, -0.2) is 11.9 Å². The Bertz CT molecular complexity index is 640. The van der Waals surface area contributed by atoms with Crippen molar-refractivity contribution < 1.29 is 13.9 Å². The van der Waals surface area contributed by atoms with Gasteiger partial charge in [-0.1, -0.05) is 27.5 Å². The van der Waals surface area contributed by atoms with Gasteiger partial charge in [-0.3, -0.25) is 4.79 Å². The van der Waals surface area contributed by atoms with Gasteiger partial charge in [0.25, 0.3) is 5.91 Å². The fraction of sp³-hybridized carbons (Fsp3) is 0.267. The molecule has 0 bridgehead atoms. The molecule has 4 nitrogen and oxygen atoms in total. The molecule has 0 aliphatic carbocycles. The van der Waals surface area contributed by atoms with Crippen LogP contribution in [0.15, 0.2) is 39.2 Å². The van der Waals surface area contributed by atoms with Crippen molar-refractivity contribution in [1.82, 2.24) is 5.32 Å². The first-order chi connectivity index (χ1) is 9.95. The second-order valence-corrected chi connectivity index (χ2v) is 6.08. The monoisotopic (exact) mass is 371 g/mol. The lowest BCUT2D eigenvalue weighted by molar-refractivity contribution is 0.0911. The van der Waals surface area contributed by atoms with Crippen LogP contribution in [-0.2, 0) is 6.61 Å². The molecule has 1 aromatic heterocycles. The largest absolute Gasteiger partial charge is 0.484 e. The maximum absolute atomic E-state index is 11.8. The van der Waals surface area contributed by atoms with E-state index >= 15 is 0 Å². The van der Waals surface area contributed by atoms with Crippen molar-refractivity contribution in [2.45, 2.75) is 26.5 Å². The minimum atomic E-state index is -0.238. The molecule has 1 aromatic carbocycles. The molecule has 6 heteroatoms. The number of rotatable bonds is 5. The Hall–Kier alpha value is -1.46. The SMILES string of the molecule is CC(C)NC(=O)c1ccc(COc2ccc(Br)cc2Cl)o1. The number of halogens is 2. The Kier molecular flexibility index (Phi) is 5.31. The van der Waals surface area contributed by atoms with Crippen LogP contribution in [0.3, 0.4) is 0 Å². The van der Waals surface area contributed by atoms with E-state index in [4.69, 9.17) is 20.8 Å². The maximum atomic E-state index is 11.8. The van der Waals surface area contributed by atoms with Crippen molar-refractivity contribution in [2.24, 2.45) is 0 Å². The van der Waals surface area contributed by atoms with Crippen LogP contribution in [0.4, 0.5) is 0 Å². The first-order valence-electron chi connectivity index (χ1n) is 6.43. The van der Waals surface area contributed by atoms with Gasteiger partial charge in [0.05, 0.1) is 5.02 Å². The standard InChI is InChI=1S/C15H15BrClNO3/c1-9(2)18-15(19)14-6-4-11(21-14)8-20-13-5-3-10(16)7-12(13)17/h3-7,9H,8H2,1-2H3,(H,18,19).